The van der Waals surface area contributed by atoms with E-state index in [4.69, 9.17) is 22.4 Å². The average molecular weight is 378 g/mol. The molecule has 3 rings (SSSR count). The molecule has 0 saturated carbocycles. The van der Waals surface area contributed by atoms with Gasteiger partial charge < -0.3 is 15.7 Å². The lowest BCUT2D eigenvalue weighted by molar-refractivity contribution is -0.135. The first-order chi connectivity index (χ1) is 12.0. The Morgan fingerprint density at radius 2 is 2.32 bits per heavy atom. The first kappa shape index (κ1) is 17.9. The van der Waals surface area contributed by atoms with Gasteiger partial charge in [-0.25, -0.2) is 0 Å². The van der Waals surface area contributed by atoms with Crippen molar-refractivity contribution in [2.24, 2.45) is 10.7 Å². The number of nitrogens with two attached hydrogens (primary N) is 1. The molecule has 25 heavy (non-hydrogen) atoms. The van der Waals surface area contributed by atoms with Crippen LogP contribution >= 0.6 is 22.9 Å². The third-order valence-electron chi connectivity index (χ3n) is 4.43. The van der Waals surface area contributed by atoms with E-state index in [1.54, 1.807) is 35.6 Å². The van der Waals surface area contributed by atoms with E-state index in [9.17, 15) is 4.79 Å². The third-order valence-corrected chi connectivity index (χ3v) is 6.27. The molecule has 1 aliphatic heterocycles. The van der Waals surface area contributed by atoms with Crippen molar-refractivity contribution in [2.75, 3.05) is 20.2 Å². The maximum absolute atomic E-state index is 11.8. The van der Waals surface area contributed by atoms with Crippen LogP contribution in [-0.2, 0) is 17.8 Å². The van der Waals surface area contributed by atoms with Crippen molar-refractivity contribution >= 4 is 50.8 Å². The van der Waals surface area contributed by atoms with Gasteiger partial charge in [0.15, 0.2) is 0 Å². The number of aliphatic imine (C=N–C) groups is 1. The van der Waals surface area contributed by atoms with Crippen LogP contribution in [-0.4, -0.2) is 42.3 Å². The number of aliphatic hydroxyl groups is 1. The highest BCUT2D eigenvalue weighted by Crippen LogP contribution is 2.43. The fourth-order valence-corrected chi connectivity index (χ4v) is 4.80. The number of nitrogens with zero attached hydrogens (tertiary/aromatic N) is 2. The van der Waals surface area contributed by atoms with Gasteiger partial charge in [-0.2, -0.15) is 0 Å². The highest BCUT2D eigenvalue weighted by molar-refractivity contribution is 7.20. The molecule has 1 aromatic heterocycles. The lowest BCUT2D eigenvalue weighted by atomic mass is 9.96. The Bertz CT molecular complexity index is 902. The van der Waals surface area contributed by atoms with Gasteiger partial charge in [-0.05, 0) is 36.6 Å². The zero-order valence-electron chi connectivity index (χ0n) is 14.2. The Hall–Kier alpha value is -1.89. The molecule has 0 spiro atoms. The number of halogens is 1. The van der Waals surface area contributed by atoms with Crippen LogP contribution in [0.1, 0.15) is 21.6 Å². The molecule has 0 atom stereocenters. The second-order valence-electron chi connectivity index (χ2n) is 6.02. The monoisotopic (exact) mass is 377 g/mol. The van der Waals surface area contributed by atoms with Crippen LogP contribution in [0.4, 0.5) is 0 Å². The van der Waals surface area contributed by atoms with Gasteiger partial charge in [-0.1, -0.05) is 11.6 Å². The van der Waals surface area contributed by atoms with Crippen molar-refractivity contribution < 1.29 is 9.90 Å². The Kier molecular flexibility index (Phi) is 5.13. The summed E-state index contributed by atoms with van der Waals surface area (Å²) in [5.41, 5.74) is 10.1. The summed E-state index contributed by atoms with van der Waals surface area (Å²) >= 11 is 8.16. The highest BCUT2D eigenvalue weighted by atomic mass is 35.5. The lowest BCUT2D eigenvalue weighted by Crippen LogP contribution is -2.37. The predicted octanol–water partition coefficient (Wildman–Crippen LogP) is 2.74. The fraction of sp³-hybridized carbons (Fsp3) is 0.333. The molecule has 1 amide bonds. The van der Waals surface area contributed by atoms with Crippen LogP contribution in [0.25, 0.3) is 15.8 Å². The summed E-state index contributed by atoms with van der Waals surface area (Å²) in [5.74, 6) is -0.246. The molecule has 1 aromatic carbocycles. The second-order valence-corrected chi connectivity index (χ2v) is 7.50. The van der Waals surface area contributed by atoms with E-state index < -0.39 is 6.61 Å². The molecule has 7 heteroatoms. The normalized spacial score (nSPS) is 15.2. The molecule has 2 heterocycles. The van der Waals surface area contributed by atoms with E-state index in [1.165, 1.54) is 5.56 Å². The second kappa shape index (κ2) is 7.15. The first-order valence-corrected chi connectivity index (χ1v) is 9.17. The van der Waals surface area contributed by atoms with E-state index >= 15 is 0 Å². The quantitative estimate of drug-likeness (QED) is 0.807. The Labute approximate surface area is 155 Å². The lowest BCUT2D eigenvalue weighted by Gasteiger charge is -2.26. The minimum atomic E-state index is -0.461. The van der Waals surface area contributed by atoms with Gasteiger partial charge in [0.1, 0.15) is 6.61 Å². The van der Waals surface area contributed by atoms with Crippen molar-refractivity contribution in [3.63, 3.8) is 0 Å². The summed E-state index contributed by atoms with van der Waals surface area (Å²) in [4.78, 5) is 18.6. The van der Waals surface area contributed by atoms with E-state index in [-0.39, 0.29) is 5.91 Å². The summed E-state index contributed by atoms with van der Waals surface area (Å²) in [7, 11) is 1.70. The van der Waals surface area contributed by atoms with Crippen LogP contribution in [0.5, 0.6) is 0 Å². The SMILES string of the molecule is CN=C/C=C(\N)c1cc(C)c(Cl)c2sc3c(c12)CCN(C(=O)CO)C3. The zero-order valence-corrected chi connectivity index (χ0v) is 15.7. The highest BCUT2D eigenvalue weighted by Gasteiger charge is 2.26. The summed E-state index contributed by atoms with van der Waals surface area (Å²) in [5, 5.41) is 10.9. The number of hydrogen-bond donors (Lipinski definition) is 2. The average Bonchev–Trinajstić information content (AvgIpc) is 3.00. The number of carbonyl (C=O) groups is 1. The molecule has 0 unspecified atom stereocenters. The summed E-state index contributed by atoms with van der Waals surface area (Å²) < 4.78 is 1.00. The largest absolute Gasteiger partial charge is 0.398 e. The molecule has 3 N–H and O–H groups in total. The first-order valence-electron chi connectivity index (χ1n) is 7.98. The maximum atomic E-state index is 11.8. The van der Waals surface area contributed by atoms with Gasteiger partial charge in [-0.15, -0.1) is 11.3 Å². The number of aryl methyl sites for hydroxylation is 1. The Balaban J connectivity index is 2.19. The molecule has 2 aromatic rings. The van der Waals surface area contributed by atoms with Gasteiger partial charge in [0.25, 0.3) is 0 Å². The van der Waals surface area contributed by atoms with Crippen molar-refractivity contribution in [3.05, 3.63) is 38.7 Å². The standard InChI is InChI=1S/C18H20ClN3O2S/c1-10-7-12(13(20)3-5-21-2)16-11-4-6-22(15(24)9-23)8-14(11)25-18(16)17(10)19/h3,5,7,23H,4,6,8-9,20H2,1-2H3/b13-3-,21-5?. The molecule has 0 radical (unpaired) electrons. The van der Waals surface area contributed by atoms with Crippen molar-refractivity contribution in [1.82, 2.24) is 4.90 Å². The van der Waals surface area contributed by atoms with Gasteiger partial charge in [-0.3, -0.25) is 9.79 Å². The number of rotatable bonds is 3. The van der Waals surface area contributed by atoms with E-state index in [2.05, 4.69) is 4.99 Å². The van der Waals surface area contributed by atoms with E-state index in [1.807, 2.05) is 13.0 Å². The van der Waals surface area contributed by atoms with Gasteiger partial charge in [0.05, 0.1) is 16.3 Å². The summed E-state index contributed by atoms with van der Waals surface area (Å²) in [6.45, 7) is 2.59. The number of benzene rings is 1. The number of aliphatic hydroxyl groups excluding tert-OH is 1. The molecule has 132 valence electrons. The number of hydrogen-bond acceptors (Lipinski definition) is 5. The van der Waals surface area contributed by atoms with Crippen molar-refractivity contribution in [2.45, 2.75) is 19.9 Å². The molecule has 0 bridgehead atoms. The number of amides is 1. The zero-order chi connectivity index (χ0) is 18.1. The minimum Gasteiger partial charge on any atom is -0.398 e. The summed E-state index contributed by atoms with van der Waals surface area (Å²) in [6, 6.07) is 2.01. The number of fused-ring (bicyclic) bond motifs is 3. The number of thiophene rings is 1. The van der Waals surface area contributed by atoms with Gasteiger partial charge in [0.2, 0.25) is 5.91 Å². The number of carbonyl (C=O) groups excluding carboxylic acids is 1. The molecule has 1 aliphatic rings. The molecule has 0 saturated heterocycles. The molecular formula is C18H20ClN3O2S. The van der Waals surface area contributed by atoms with Crippen LogP contribution in [0, 0.1) is 6.92 Å². The third kappa shape index (κ3) is 3.17. The van der Waals surface area contributed by atoms with Crippen LogP contribution in [0.3, 0.4) is 0 Å². The van der Waals surface area contributed by atoms with Crippen molar-refractivity contribution in [1.29, 1.82) is 0 Å². The Morgan fingerprint density at radius 3 is 3.00 bits per heavy atom. The smallest absolute Gasteiger partial charge is 0.248 e. The van der Waals surface area contributed by atoms with Crippen LogP contribution in [0.15, 0.2) is 17.1 Å². The Morgan fingerprint density at radius 1 is 1.56 bits per heavy atom. The van der Waals surface area contributed by atoms with Gasteiger partial charge in [0, 0.05) is 41.3 Å². The minimum absolute atomic E-state index is 0.246. The van der Waals surface area contributed by atoms with Crippen LogP contribution in [0.2, 0.25) is 5.02 Å². The fourth-order valence-electron chi connectivity index (χ4n) is 3.16. The van der Waals surface area contributed by atoms with Crippen LogP contribution < -0.4 is 5.73 Å². The topological polar surface area (TPSA) is 78.9 Å². The molecule has 5 nitrogen and oxygen atoms in total. The molecule has 0 fully saturated rings. The van der Waals surface area contributed by atoms with E-state index in [0.717, 1.165) is 37.5 Å². The molecular weight excluding hydrogens is 358 g/mol. The summed E-state index contributed by atoms with van der Waals surface area (Å²) in [6.07, 6.45) is 4.19. The maximum Gasteiger partial charge on any atom is 0.248 e. The van der Waals surface area contributed by atoms with E-state index in [0.29, 0.717) is 18.8 Å². The van der Waals surface area contributed by atoms with Gasteiger partial charge >= 0.3 is 0 Å². The van der Waals surface area contributed by atoms with Crippen molar-refractivity contribution in [3.8, 4) is 0 Å². The molecule has 0 aliphatic carbocycles. The predicted molar refractivity (Wildman–Crippen MR) is 104 cm³/mol. The number of allylic oxidation sites excluding steroid dienone is 1.